The van der Waals surface area contributed by atoms with Crippen LogP contribution in [0.3, 0.4) is 0 Å². The molecule has 1 saturated carbocycles. The van der Waals surface area contributed by atoms with Crippen molar-refractivity contribution in [3.05, 3.63) is 60.1 Å². The van der Waals surface area contributed by atoms with Gasteiger partial charge in [0.25, 0.3) is 0 Å². The lowest BCUT2D eigenvalue weighted by molar-refractivity contribution is -0.131. The topological polar surface area (TPSA) is 62.5 Å². The van der Waals surface area contributed by atoms with Gasteiger partial charge in [0.15, 0.2) is 0 Å². The summed E-state index contributed by atoms with van der Waals surface area (Å²) in [5, 5.41) is 13.3. The largest absolute Gasteiger partial charge is 0.466 e. The first-order valence-corrected chi connectivity index (χ1v) is 7.65. The van der Waals surface area contributed by atoms with Crippen LogP contribution in [0.4, 0.5) is 0 Å². The van der Waals surface area contributed by atoms with E-state index in [0.717, 1.165) is 24.8 Å². The quantitative estimate of drug-likeness (QED) is 0.892. The van der Waals surface area contributed by atoms with Crippen molar-refractivity contribution in [1.29, 1.82) is 0 Å². The lowest BCUT2D eigenvalue weighted by Gasteiger charge is -2.41. The lowest BCUT2D eigenvalue weighted by Crippen LogP contribution is -2.51. The Balaban J connectivity index is 1.71. The third kappa shape index (κ3) is 2.55. The molecule has 3 rings (SSSR count). The van der Waals surface area contributed by atoms with Gasteiger partial charge in [-0.05, 0) is 37.5 Å². The summed E-state index contributed by atoms with van der Waals surface area (Å²) in [6.45, 7) is 1.77. The monoisotopic (exact) mass is 299 g/mol. The van der Waals surface area contributed by atoms with Crippen LogP contribution in [-0.2, 0) is 15.8 Å². The van der Waals surface area contributed by atoms with Crippen LogP contribution in [0.25, 0.3) is 0 Å². The molecule has 1 atom stereocenters. The Labute approximate surface area is 130 Å². The Morgan fingerprint density at radius 3 is 2.55 bits per heavy atom. The van der Waals surface area contributed by atoms with E-state index >= 15 is 0 Å². The first kappa shape index (κ1) is 14.9. The molecule has 1 aliphatic carbocycles. The highest BCUT2D eigenvalue weighted by molar-refractivity contribution is 5.89. The van der Waals surface area contributed by atoms with Gasteiger partial charge in [-0.1, -0.05) is 36.8 Å². The van der Waals surface area contributed by atoms with Gasteiger partial charge in [-0.3, -0.25) is 4.79 Å². The highest BCUT2D eigenvalue weighted by atomic mass is 16.4. The maximum Gasteiger partial charge on any atom is 0.230 e. The second-order valence-corrected chi connectivity index (χ2v) is 6.24. The fourth-order valence-corrected chi connectivity index (χ4v) is 3.03. The third-order valence-electron chi connectivity index (χ3n) is 4.61. The molecule has 0 bridgehead atoms. The van der Waals surface area contributed by atoms with E-state index in [0.29, 0.717) is 5.76 Å². The van der Waals surface area contributed by atoms with E-state index in [-0.39, 0.29) is 12.5 Å². The summed E-state index contributed by atoms with van der Waals surface area (Å²) in [6.07, 6.45) is 4.28. The van der Waals surface area contributed by atoms with Gasteiger partial charge in [-0.15, -0.1) is 0 Å². The normalized spacial score (nSPS) is 19.0. The number of hydrogen-bond acceptors (Lipinski definition) is 3. The van der Waals surface area contributed by atoms with E-state index in [1.54, 1.807) is 19.1 Å². The van der Waals surface area contributed by atoms with Gasteiger partial charge in [0.2, 0.25) is 5.91 Å². The lowest BCUT2D eigenvalue weighted by atomic mass is 9.64. The maximum atomic E-state index is 12.7. The van der Waals surface area contributed by atoms with E-state index in [9.17, 15) is 9.90 Å². The molecule has 0 radical (unpaired) electrons. The van der Waals surface area contributed by atoms with E-state index in [1.807, 2.05) is 30.3 Å². The van der Waals surface area contributed by atoms with Crippen LogP contribution >= 0.6 is 0 Å². The van der Waals surface area contributed by atoms with Gasteiger partial charge >= 0.3 is 0 Å². The minimum Gasteiger partial charge on any atom is -0.466 e. The summed E-state index contributed by atoms with van der Waals surface area (Å²) < 4.78 is 5.24. The van der Waals surface area contributed by atoms with Crippen LogP contribution in [0.15, 0.2) is 53.1 Å². The summed E-state index contributed by atoms with van der Waals surface area (Å²) in [7, 11) is 0. The summed E-state index contributed by atoms with van der Waals surface area (Å²) >= 11 is 0. The number of carbonyl (C=O) groups is 1. The number of carbonyl (C=O) groups excluding carboxylic acids is 1. The highest BCUT2D eigenvalue weighted by Crippen LogP contribution is 2.44. The van der Waals surface area contributed by atoms with Crippen LogP contribution < -0.4 is 5.32 Å². The van der Waals surface area contributed by atoms with Crippen LogP contribution in [0.1, 0.15) is 37.5 Å². The molecule has 2 aromatic rings. The summed E-state index contributed by atoms with van der Waals surface area (Å²) in [6, 6.07) is 13.3. The Kier molecular flexibility index (Phi) is 3.79. The predicted molar refractivity (Wildman–Crippen MR) is 83.3 cm³/mol. The van der Waals surface area contributed by atoms with E-state index in [2.05, 4.69) is 5.32 Å². The fraction of sp³-hybridized carbons (Fsp3) is 0.389. The number of rotatable bonds is 5. The van der Waals surface area contributed by atoms with Crippen molar-refractivity contribution in [3.63, 3.8) is 0 Å². The van der Waals surface area contributed by atoms with Crippen LogP contribution in [-0.4, -0.2) is 17.6 Å². The van der Waals surface area contributed by atoms with Gasteiger partial charge in [0.1, 0.15) is 11.4 Å². The average Bonchev–Trinajstić information content (AvgIpc) is 3.00. The molecule has 0 saturated heterocycles. The zero-order chi connectivity index (χ0) is 15.6. The molecule has 1 unspecified atom stereocenters. The zero-order valence-electron chi connectivity index (χ0n) is 12.7. The molecule has 1 aromatic heterocycles. The average molecular weight is 299 g/mol. The van der Waals surface area contributed by atoms with E-state index < -0.39 is 11.0 Å². The molecule has 2 N–H and O–H groups in total. The summed E-state index contributed by atoms with van der Waals surface area (Å²) in [5.41, 5.74) is -0.599. The van der Waals surface area contributed by atoms with Crippen LogP contribution in [0.2, 0.25) is 0 Å². The fourth-order valence-electron chi connectivity index (χ4n) is 3.03. The molecule has 1 fully saturated rings. The van der Waals surface area contributed by atoms with Crippen molar-refractivity contribution in [2.45, 2.75) is 37.2 Å². The van der Waals surface area contributed by atoms with Crippen molar-refractivity contribution >= 4 is 5.91 Å². The van der Waals surface area contributed by atoms with Crippen LogP contribution in [0, 0.1) is 0 Å². The minimum absolute atomic E-state index is 0.0169. The predicted octanol–water partition coefficient (Wildman–Crippen LogP) is 2.73. The number of furan rings is 1. The second kappa shape index (κ2) is 5.61. The Bertz CT molecular complexity index is 628. The van der Waals surface area contributed by atoms with Crippen molar-refractivity contribution in [1.82, 2.24) is 5.32 Å². The summed E-state index contributed by atoms with van der Waals surface area (Å²) in [4.78, 5) is 12.7. The third-order valence-corrected chi connectivity index (χ3v) is 4.61. The standard InChI is InChI=1S/C18H21NO3/c1-17(21,15-9-5-12-22-15)13-19-16(20)18(10-6-11-18)14-7-3-2-4-8-14/h2-5,7-9,12,21H,6,10-11,13H2,1H3,(H,19,20). The minimum atomic E-state index is -1.21. The Morgan fingerprint density at radius 2 is 2.00 bits per heavy atom. The van der Waals surface area contributed by atoms with Crippen molar-refractivity contribution in [3.8, 4) is 0 Å². The molecule has 1 aliphatic rings. The Morgan fingerprint density at radius 1 is 1.27 bits per heavy atom. The smallest absolute Gasteiger partial charge is 0.230 e. The maximum absolute atomic E-state index is 12.7. The number of nitrogens with one attached hydrogen (secondary N) is 1. The molecule has 4 nitrogen and oxygen atoms in total. The van der Waals surface area contributed by atoms with Gasteiger partial charge in [-0.25, -0.2) is 0 Å². The van der Waals surface area contributed by atoms with Gasteiger partial charge in [0.05, 0.1) is 18.2 Å². The number of benzene rings is 1. The number of amides is 1. The molecule has 4 heteroatoms. The van der Waals surface area contributed by atoms with Crippen molar-refractivity contribution in [2.75, 3.05) is 6.54 Å². The van der Waals surface area contributed by atoms with Gasteiger partial charge in [0, 0.05) is 0 Å². The highest BCUT2D eigenvalue weighted by Gasteiger charge is 2.45. The van der Waals surface area contributed by atoms with Gasteiger partial charge < -0.3 is 14.8 Å². The molecular formula is C18H21NO3. The number of aliphatic hydroxyl groups is 1. The Hall–Kier alpha value is -2.07. The van der Waals surface area contributed by atoms with Crippen molar-refractivity contribution < 1.29 is 14.3 Å². The molecule has 0 spiro atoms. The van der Waals surface area contributed by atoms with E-state index in [1.165, 1.54) is 6.26 Å². The first-order valence-electron chi connectivity index (χ1n) is 7.65. The SMILES string of the molecule is CC(O)(CNC(=O)C1(c2ccccc2)CCC1)c1ccco1. The molecule has 1 amide bonds. The molecule has 1 heterocycles. The van der Waals surface area contributed by atoms with Crippen molar-refractivity contribution in [2.24, 2.45) is 0 Å². The van der Waals surface area contributed by atoms with Gasteiger partial charge in [-0.2, -0.15) is 0 Å². The summed E-state index contributed by atoms with van der Waals surface area (Å²) in [5.74, 6) is 0.437. The molecule has 22 heavy (non-hydrogen) atoms. The zero-order valence-corrected chi connectivity index (χ0v) is 12.7. The second-order valence-electron chi connectivity index (χ2n) is 6.24. The molecular weight excluding hydrogens is 278 g/mol. The molecule has 0 aliphatic heterocycles. The molecule has 116 valence electrons. The van der Waals surface area contributed by atoms with E-state index in [4.69, 9.17) is 4.42 Å². The molecule has 1 aromatic carbocycles. The first-order chi connectivity index (χ1) is 10.5. The van der Waals surface area contributed by atoms with Crippen LogP contribution in [0.5, 0.6) is 0 Å². The number of hydrogen-bond donors (Lipinski definition) is 2.